The molecular formula is C8H12Cl3Hf-5. The first kappa shape index (κ1) is 29.2. The van der Waals surface area contributed by atoms with E-state index < -0.39 is 0 Å². The van der Waals surface area contributed by atoms with Crippen LogP contribution in [0.25, 0.3) is 0 Å². The first-order valence-electron chi connectivity index (χ1n) is 2.82. The molecule has 0 nitrogen and oxygen atoms in total. The van der Waals surface area contributed by atoms with Crippen LogP contribution in [0.15, 0.2) is 30.3 Å². The van der Waals surface area contributed by atoms with E-state index in [2.05, 4.69) is 0 Å². The average Bonchev–Trinajstić information content (AvgIpc) is 2.17. The van der Waals surface area contributed by atoms with Crippen LogP contribution in [-0.4, -0.2) is 0 Å². The maximum absolute atomic E-state index is 2.00. The van der Waals surface area contributed by atoms with Gasteiger partial charge in [-0.15, -0.1) is 0 Å². The normalized spacial score (nSPS) is 4.83. The molecule has 0 atom stereocenters. The van der Waals surface area contributed by atoms with Crippen LogP contribution in [-0.2, 0) is 25.8 Å². The van der Waals surface area contributed by atoms with Crippen LogP contribution in [0.4, 0.5) is 0 Å². The predicted molar refractivity (Wildman–Crippen MR) is 37.7 cm³/mol. The molecule has 12 heavy (non-hydrogen) atoms. The fourth-order valence-electron chi connectivity index (χ4n) is 0.321. The molecule has 0 saturated carbocycles. The molecule has 1 rings (SSSR count). The van der Waals surface area contributed by atoms with E-state index in [9.17, 15) is 0 Å². The van der Waals surface area contributed by atoms with Crippen molar-refractivity contribution in [2.45, 2.75) is 13.8 Å². The Balaban J connectivity index is -0.0000000219. The summed E-state index contributed by atoms with van der Waals surface area (Å²) in [7, 11) is 0. The van der Waals surface area contributed by atoms with Crippen molar-refractivity contribution in [3.05, 3.63) is 36.8 Å². The van der Waals surface area contributed by atoms with Crippen LogP contribution < -0.4 is 37.2 Å². The van der Waals surface area contributed by atoms with Gasteiger partial charge in [0.2, 0.25) is 0 Å². The van der Waals surface area contributed by atoms with Gasteiger partial charge in [-0.05, 0) is 0 Å². The molecule has 1 aromatic rings. The molecule has 0 heterocycles. The number of hydrogen-bond acceptors (Lipinski definition) is 0. The minimum absolute atomic E-state index is 0. The molecule has 0 N–H and O–H groups in total. The standard InChI is InChI=1S/C5H5.C3H7.3ClH.Hf/c1-2-4-5-3-1;1-3-2;;;;/h1-5H;3H,1-2H3;3*1H;/q2*-1;;;;/p-3. The molecule has 0 fully saturated rings. The third-order valence-electron chi connectivity index (χ3n) is 0.556. The van der Waals surface area contributed by atoms with Crippen LogP contribution in [0, 0.1) is 6.42 Å². The Morgan fingerprint density at radius 2 is 1.17 bits per heavy atom. The van der Waals surface area contributed by atoms with Gasteiger partial charge < -0.3 is 43.6 Å². The van der Waals surface area contributed by atoms with Crippen LogP contribution in [0.5, 0.6) is 0 Å². The van der Waals surface area contributed by atoms with Crippen LogP contribution >= 0.6 is 0 Å². The van der Waals surface area contributed by atoms with Crippen molar-refractivity contribution in [3.8, 4) is 0 Å². The zero-order chi connectivity index (χ0) is 6.24. The number of hydrogen-bond donors (Lipinski definition) is 0. The Morgan fingerprint density at radius 3 is 1.25 bits per heavy atom. The molecule has 0 saturated heterocycles. The van der Waals surface area contributed by atoms with E-state index in [4.69, 9.17) is 0 Å². The molecule has 0 spiro atoms. The van der Waals surface area contributed by atoms with Crippen molar-refractivity contribution in [3.63, 3.8) is 0 Å². The van der Waals surface area contributed by atoms with Crippen molar-refractivity contribution in [2.75, 3.05) is 0 Å². The summed E-state index contributed by atoms with van der Waals surface area (Å²) in [4.78, 5) is 0. The fraction of sp³-hybridized carbons (Fsp3) is 0.250. The second-order valence-electron chi connectivity index (χ2n) is 1.54. The fourth-order valence-corrected chi connectivity index (χ4v) is 0.321. The summed E-state index contributed by atoms with van der Waals surface area (Å²) in [6, 6.07) is 10.0. The van der Waals surface area contributed by atoms with E-state index >= 15 is 0 Å². The summed E-state index contributed by atoms with van der Waals surface area (Å²) in [5, 5.41) is 0. The zero-order valence-corrected chi connectivity index (χ0v) is 13.0. The van der Waals surface area contributed by atoms with E-state index in [1.54, 1.807) is 0 Å². The predicted octanol–water partition coefficient (Wildman–Crippen LogP) is -6.35. The van der Waals surface area contributed by atoms with Gasteiger partial charge in [-0.1, -0.05) is 0 Å². The van der Waals surface area contributed by atoms with Crippen molar-refractivity contribution >= 4 is 0 Å². The Kier molecular flexibility index (Phi) is 72.1. The second-order valence-corrected chi connectivity index (χ2v) is 1.54. The summed E-state index contributed by atoms with van der Waals surface area (Å²) in [5.41, 5.74) is 0. The van der Waals surface area contributed by atoms with Gasteiger partial charge in [0.15, 0.2) is 0 Å². The minimum Gasteiger partial charge on any atom is -1.00 e. The number of halogens is 3. The smallest absolute Gasteiger partial charge is 0 e. The van der Waals surface area contributed by atoms with E-state index in [0.717, 1.165) is 0 Å². The first-order valence-corrected chi connectivity index (χ1v) is 2.82. The molecule has 4 heteroatoms. The molecule has 0 bridgehead atoms. The van der Waals surface area contributed by atoms with E-state index in [1.165, 1.54) is 0 Å². The Morgan fingerprint density at radius 1 is 0.917 bits per heavy atom. The van der Waals surface area contributed by atoms with Gasteiger partial charge >= 0.3 is 0 Å². The van der Waals surface area contributed by atoms with Gasteiger partial charge in [0.25, 0.3) is 0 Å². The van der Waals surface area contributed by atoms with Gasteiger partial charge in [-0.25, -0.2) is 12.1 Å². The SMILES string of the molecule is C[CH-]C.[Cl-].[Cl-].[Cl-].[Hf].c1cc[cH-]c1. The third kappa shape index (κ3) is 30.4. The van der Waals surface area contributed by atoms with Gasteiger partial charge in [0.1, 0.15) is 0 Å². The van der Waals surface area contributed by atoms with Crippen molar-refractivity contribution < 1.29 is 63.1 Å². The second kappa shape index (κ2) is 29.6. The summed E-state index contributed by atoms with van der Waals surface area (Å²) in [6.45, 7) is 4.00. The van der Waals surface area contributed by atoms with Gasteiger partial charge in [0, 0.05) is 25.8 Å². The summed E-state index contributed by atoms with van der Waals surface area (Å²) < 4.78 is 0. The zero-order valence-electron chi connectivity index (χ0n) is 7.10. The van der Waals surface area contributed by atoms with E-state index in [-0.39, 0.29) is 63.1 Å². The average molecular weight is 393 g/mol. The third-order valence-corrected chi connectivity index (χ3v) is 0.556. The monoisotopic (exact) mass is 393 g/mol. The molecule has 0 aliphatic heterocycles. The molecule has 0 aliphatic carbocycles. The van der Waals surface area contributed by atoms with Crippen LogP contribution in [0.1, 0.15) is 13.8 Å². The summed E-state index contributed by atoms with van der Waals surface area (Å²) in [6.07, 6.45) is 2.00. The maximum atomic E-state index is 2.00. The molecule has 0 radical (unpaired) electrons. The van der Waals surface area contributed by atoms with E-state index in [1.807, 2.05) is 50.6 Å². The topological polar surface area (TPSA) is 0 Å². The molecule has 0 unspecified atom stereocenters. The van der Waals surface area contributed by atoms with Crippen LogP contribution in [0.2, 0.25) is 0 Å². The van der Waals surface area contributed by atoms with Crippen molar-refractivity contribution in [1.29, 1.82) is 0 Å². The molecule has 74 valence electrons. The molecule has 1 aromatic carbocycles. The van der Waals surface area contributed by atoms with Gasteiger partial charge in [-0.2, -0.15) is 32.0 Å². The Bertz CT molecular complexity index is 81.2. The molecule has 0 aliphatic rings. The van der Waals surface area contributed by atoms with Crippen molar-refractivity contribution in [2.24, 2.45) is 0 Å². The van der Waals surface area contributed by atoms with E-state index in [0.29, 0.717) is 0 Å². The molecular weight excluding hydrogens is 381 g/mol. The maximum Gasteiger partial charge on any atom is 0 e. The summed E-state index contributed by atoms with van der Waals surface area (Å²) >= 11 is 0. The molecule has 0 aromatic heterocycles. The first-order chi connectivity index (χ1) is 3.91. The minimum atomic E-state index is 0. The largest absolute Gasteiger partial charge is 1.00 e. The Hall–Kier alpha value is 1.09. The summed E-state index contributed by atoms with van der Waals surface area (Å²) in [5.74, 6) is 0. The van der Waals surface area contributed by atoms with Gasteiger partial charge in [-0.3, -0.25) is 0 Å². The van der Waals surface area contributed by atoms with Crippen molar-refractivity contribution in [1.82, 2.24) is 0 Å². The Labute approximate surface area is 113 Å². The molecule has 0 amide bonds. The van der Waals surface area contributed by atoms with Gasteiger partial charge in [0.05, 0.1) is 0 Å². The van der Waals surface area contributed by atoms with Crippen LogP contribution in [0.3, 0.4) is 0 Å². The quantitative estimate of drug-likeness (QED) is 0.304. The number of rotatable bonds is 0.